The summed E-state index contributed by atoms with van der Waals surface area (Å²) in [5, 5.41) is 6.80. The lowest BCUT2D eigenvalue weighted by Crippen LogP contribution is -2.05. The average Bonchev–Trinajstić information content (AvgIpc) is 3.24. The Hall–Kier alpha value is -4.13. The van der Waals surface area contributed by atoms with Crippen LogP contribution in [0.5, 0.6) is 17.2 Å². The molecule has 0 radical (unpaired) electrons. The largest absolute Gasteiger partial charge is 0.497 e. The zero-order valence-corrected chi connectivity index (χ0v) is 17.2. The Morgan fingerprint density at radius 1 is 0.968 bits per heavy atom. The molecule has 1 amide bonds. The van der Waals surface area contributed by atoms with Gasteiger partial charge in [0, 0.05) is 18.2 Å². The van der Waals surface area contributed by atoms with E-state index in [2.05, 4.69) is 15.5 Å². The second-order valence-electron chi connectivity index (χ2n) is 6.87. The summed E-state index contributed by atoms with van der Waals surface area (Å²) in [6.07, 6.45) is 0.528. The van der Waals surface area contributed by atoms with Crippen LogP contribution in [-0.4, -0.2) is 23.2 Å². The van der Waals surface area contributed by atoms with Crippen molar-refractivity contribution in [3.63, 3.8) is 0 Å². The van der Waals surface area contributed by atoms with E-state index in [9.17, 15) is 4.79 Å². The first-order valence-corrected chi connectivity index (χ1v) is 9.70. The van der Waals surface area contributed by atoms with Crippen molar-refractivity contribution < 1.29 is 18.8 Å². The molecule has 31 heavy (non-hydrogen) atoms. The molecule has 0 bridgehead atoms. The van der Waals surface area contributed by atoms with Gasteiger partial charge in [0.15, 0.2) is 0 Å². The second-order valence-corrected chi connectivity index (χ2v) is 6.87. The van der Waals surface area contributed by atoms with E-state index in [1.165, 1.54) is 6.92 Å². The molecule has 1 N–H and O–H groups in total. The Morgan fingerprint density at radius 2 is 1.68 bits per heavy atom. The third kappa shape index (κ3) is 5.27. The number of amides is 1. The molecule has 0 fully saturated rings. The molecule has 0 aliphatic rings. The van der Waals surface area contributed by atoms with Gasteiger partial charge in [-0.1, -0.05) is 17.3 Å². The number of benzene rings is 3. The van der Waals surface area contributed by atoms with Crippen molar-refractivity contribution in [2.24, 2.45) is 0 Å². The fourth-order valence-corrected chi connectivity index (χ4v) is 3.02. The summed E-state index contributed by atoms with van der Waals surface area (Å²) in [6.45, 7) is 1.47. The van der Waals surface area contributed by atoms with Gasteiger partial charge < -0.3 is 19.3 Å². The Morgan fingerprint density at radius 3 is 2.35 bits per heavy atom. The fourth-order valence-electron chi connectivity index (χ4n) is 3.02. The highest BCUT2D eigenvalue weighted by molar-refractivity contribution is 5.88. The maximum atomic E-state index is 11.1. The first-order chi connectivity index (χ1) is 15.1. The number of hydrogen-bond acceptors (Lipinski definition) is 6. The highest BCUT2D eigenvalue weighted by Crippen LogP contribution is 2.26. The van der Waals surface area contributed by atoms with Gasteiger partial charge in [-0.25, -0.2) is 0 Å². The van der Waals surface area contributed by atoms with Gasteiger partial charge in [0.05, 0.1) is 13.5 Å². The molecular formula is C24H21N3O4. The van der Waals surface area contributed by atoms with Gasteiger partial charge in [0.25, 0.3) is 0 Å². The lowest BCUT2D eigenvalue weighted by molar-refractivity contribution is -0.114. The minimum Gasteiger partial charge on any atom is -0.497 e. The number of anilines is 1. The maximum Gasteiger partial charge on any atom is 0.231 e. The molecule has 7 nitrogen and oxygen atoms in total. The summed E-state index contributed by atoms with van der Waals surface area (Å²) in [5.74, 6) is 3.07. The van der Waals surface area contributed by atoms with Crippen LogP contribution < -0.4 is 14.8 Å². The molecule has 1 aromatic heterocycles. The smallest absolute Gasteiger partial charge is 0.231 e. The van der Waals surface area contributed by atoms with Crippen LogP contribution in [-0.2, 0) is 11.2 Å². The van der Waals surface area contributed by atoms with E-state index >= 15 is 0 Å². The molecule has 0 saturated heterocycles. The first kappa shape index (κ1) is 20.2. The van der Waals surface area contributed by atoms with E-state index in [0.29, 0.717) is 29.6 Å². The van der Waals surface area contributed by atoms with Gasteiger partial charge in [0.2, 0.25) is 17.6 Å². The molecular weight excluding hydrogens is 394 g/mol. The number of hydrogen-bond donors (Lipinski definition) is 1. The molecule has 156 valence electrons. The fraction of sp³-hybridized carbons (Fsp3) is 0.125. The minimum absolute atomic E-state index is 0.114. The van der Waals surface area contributed by atoms with Crippen molar-refractivity contribution in [1.82, 2.24) is 10.1 Å². The molecule has 0 aliphatic carbocycles. The van der Waals surface area contributed by atoms with Crippen LogP contribution in [0.25, 0.3) is 11.4 Å². The van der Waals surface area contributed by atoms with Gasteiger partial charge in [-0.05, 0) is 66.2 Å². The van der Waals surface area contributed by atoms with Gasteiger partial charge in [-0.15, -0.1) is 0 Å². The summed E-state index contributed by atoms with van der Waals surface area (Å²) >= 11 is 0. The average molecular weight is 415 g/mol. The molecule has 0 unspecified atom stereocenters. The Labute approximate surface area is 179 Å². The first-order valence-electron chi connectivity index (χ1n) is 9.70. The third-order valence-corrected chi connectivity index (χ3v) is 4.48. The normalized spacial score (nSPS) is 10.5. The van der Waals surface area contributed by atoms with Crippen LogP contribution in [0.4, 0.5) is 5.69 Å². The van der Waals surface area contributed by atoms with Gasteiger partial charge >= 0.3 is 0 Å². The molecule has 3 aromatic carbocycles. The van der Waals surface area contributed by atoms with Gasteiger partial charge in [0.1, 0.15) is 17.2 Å². The molecule has 0 spiro atoms. The van der Waals surface area contributed by atoms with Crippen molar-refractivity contribution in [2.75, 3.05) is 12.4 Å². The van der Waals surface area contributed by atoms with E-state index < -0.39 is 0 Å². The topological polar surface area (TPSA) is 86.5 Å². The van der Waals surface area contributed by atoms with Crippen molar-refractivity contribution >= 4 is 11.6 Å². The number of carbonyl (C=O) groups excluding carboxylic acids is 1. The van der Waals surface area contributed by atoms with Gasteiger partial charge in [-0.3, -0.25) is 4.79 Å². The van der Waals surface area contributed by atoms with Crippen LogP contribution in [0.1, 0.15) is 18.4 Å². The number of rotatable bonds is 7. The number of methoxy groups -OCH3 is 1. The number of ether oxygens (including phenoxy) is 2. The van der Waals surface area contributed by atoms with E-state index in [1.54, 1.807) is 31.4 Å². The summed E-state index contributed by atoms with van der Waals surface area (Å²) < 4.78 is 16.5. The van der Waals surface area contributed by atoms with Crippen molar-refractivity contribution in [3.8, 4) is 28.6 Å². The van der Waals surface area contributed by atoms with E-state index in [0.717, 1.165) is 22.6 Å². The maximum absolute atomic E-state index is 11.1. The Balaban J connectivity index is 1.40. The van der Waals surface area contributed by atoms with Crippen molar-refractivity contribution in [2.45, 2.75) is 13.3 Å². The summed E-state index contributed by atoms with van der Waals surface area (Å²) in [4.78, 5) is 15.6. The lowest BCUT2D eigenvalue weighted by atomic mass is 10.1. The highest BCUT2D eigenvalue weighted by Gasteiger charge is 2.10. The van der Waals surface area contributed by atoms with Crippen molar-refractivity contribution in [3.05, 3.63) is 84.3 Å². The van der Waals surface area contributed by atoms with Crippen LogP contribution in [0.3, 0.4) is 0 Å². The number of nitrogens with one attached hydrogen (secondary N) is 1. The standard InChI is InChI=1S/C24H21N3O4/c1-16(28)25-19-8-12-21(13-9-19)30-20-10-6-18(7-11-20)24-26-23(31-27-24)15-17-4-3-5-22(14-17)29-2/h3-14H,15H2,1-2H3,(H,25,28). The minimum atomic E-state index is -0.114. The number of aromatic nitrogens is 2. The highest BCUT2D eigenvalue weighted by atomic mass is 16.5. The molecule has 4 rings (SSSR count). The van der Waals surface area contributed by atoms with Crippen LogP contribution in [0, 0.1) is 0 Å². The summed E-state index contributed by atoms with van der Waals surface area (Å²) in [6, 6.07) is 22.4. The Bertz CT molecular complexity index is 1170. The van der Waals surface area contributed by atoms with E-state index in [4.69, 9.17) is 14.0 Å². The molecule has 0 saturated carbocycles. The zero-order chi connectivity index (χ0) is 21.6. The van der Waals surface area contributed by atoms with Crippen molar-refractivity contribution in [1.29, 1.82) is 0 Å². The monoisotopic (exact) mass is 415 g/mol. The van der Waals surface area contributed by atoms with Crippen LogP contribution in [0.2, 0.25) is 0 Å². The molecule has 0 atom stereocenters. The van der Waals surface area contributed by atoms with E-state index in [-0.39, 0.29) is 5.91 Å². The number of nitrogens with zero attached hydrogens (tertiary/aromatic N) is 2. The molecule has 7 heteroatoms. The zero-order valence-electron chi connectivity index (χ0n) is 17.2. The van der Waals surface area contributed by atoms with Gasteiger partial charge in [-0.2, -0.15) is 4.98 Å². The molecule has 4 aromatic rings. The SMILES string of the molecule is COc1cccc(Cc2nc(-c3ccc(Oc4ccc(NC(C)=O)cc4)cc3)no2)c1. The molecule has 1 heterocycles. The predicted molar refractivity (Wildman–Crippen MR) is 116 cm³/mol. The summed E-state index contributed by atoms with van der Waals surface area (Å²) in [7, 11) is 1.64. The second kappa shape index (κ2) is 9.13. The lowest BCUT2D eigenvalue weighted by Gasteiger charge is -2.07. The predicted octanol–water partition coefficient (Wildman–Crippen LogP) is 5.09. The quantitative estimate of drug-likeness (QED) is 0.453. The van der Waals surface area contributed by atoms with E-state index in [1.807, 2.05) is 48.5 Å². The molecule has 0 aliphatic heterocycles. The Kier molecular flexibility index (Phi) is 5.93. The summed E-state index contributed by atoms with van der Waals surface area (Å²) in [5.41, 5.74) is 2.58. The van der Waals surface area contributed by atoms with Crippen LogP contribution in [0.15, 0.2) is 77.3 Å². The van der Waals surface area contributed by atoms with Crippen LogP contribution >= 0.6 is 0 Å². The number of carbonyl (C=O) groups is 1. The third-order valence-electron chi connectivity index (χ3n) is 4.48.